The second-order valence-electron chi connectivity index (χ2n) is 6.76. The maximum Gasteiger partial charge on any atom is 0.256 e. The van der Waals surface area contributed by atoms with E-state index in [-0.39, 0.29) is 17.7 Å². The zero-order valence-corrected chi connectivity index (χ0v) is 14.8. The highest BCUT2D eigenvalue weighted by Gasteiger charge is 2.36. The van der Waals surface area contributed by atoms with Crippen molar-refractivity contribution in [2.75, 3.05) is 12.4 Å². The van der Waals surface area contributed by atoms with Gasteiger partial charge in [-0.05, 0) is 37.1 Å². The van der Waals surface area contributed by atoms with Crippen LogP contribution in [0.2, 0.25) is 0 Å². The van der Waals surface area contributed by atoms with Crippen molar-refractivity contribution in [1.82, 2.24) is 5.32 Å². The number of rotatable bonds is 2. The minimum absolute atomic E-state index is 0.0141. The van der Waals surface area contributed by atoms with Gasteiger partial charge in [-0.1, -0.05) is 12.1 Å². The van der Waals surface area contributed by atoms with Gasteiger partial charge in [-0.2, -0.15) is 0 Å². The quantitative estimate of drug-likeness (QED) is 0.876. The fourth-order valence-electron chi connectivity index (χ4n) is 3.23. The number of amides is 1. The lowest BCUT2D eigenvalue weighted by molar-refractivity contribution is -0.0383. The molecule has 4 rings (SSSR count). The number of ether oxygens (including phenoxy) is 2. The third kappa shape index (κ3) is 2.56. The summed E-state index contributed by atoms with van der Waals surface area (Å²) in [6, 6.07) is 7.71. The van der Waals surface area contributed by atoms with Crippen LogP contribution in [0.5, 0.6) is 5.75 Å². The molecule has 2 N–H and O–H groups in total. The minimum Gasteiger partial charge on any atom is -0.497 e. The van der Waals surface area contributed by atoms with Crippen LogP contribution in [0.3, 0.4) is 0 Å². The van der Waals surface area contributed by atoms with Crippen LogP contribution in [0, 0.1) is 0 Å². The van der Waals surface area contributed by atoms with Crippen molar-refractivity contribution in [3.8, 4) is 5.75 Å². The fraction of sp³-hybridized carbons (Fsp3) is 0.389. The monoisotopic (exact) mass is 344 g/mol. The fourth-order valence-corrected chi connectivity index (χ4v) is 4.39. The molecule has 2 aromatic rings. The summed E-state index contributed by atoms with van der Waals surface area (Å²) in [4.78, 5) is 13.9. The van der Waals surface area contributed by atoms with E-state index in [0.29, 0.717) is 6.61 Å². The summed E-state index contributed by atoms with van der Waals surface area (Å²) >= 11 is 1.63. The summed E-state index contributed by atoms with van der Waals surface area (Å²) in [5.74, 6) is 0.785. The maximum absolute atomic E-state index is 12.7. The van der Waals surface area contributed by atoms with Gasteiger partial charge in [0.25, 0.3) is 5.91 Å². The molecule has 0 bridgehead atoms. The second-order valence-corrected chi connectivity index (χ2v) is 7.86. The number of benzene rings is 1. The van der Waals surface area contributed by atoms with E-state index in [0.717, 1.165) is 38.7 Å². The average Bonchev–Trinajstić information content (AvgIpc) is 2.91. The molecule has 0 fully saturated rings. The zero-order valence-electron chi connectivity index (χ0n) is 13.9. The van der Waals surface area contributed by atoms with Gasteiger partial charge in [-0.25, -0.2) is 0 Å². The Morgan fingerprint density at radius 1 is 1.25 bits per heavy atom. The topological polar surface area (TPSA) is 59.6 Å². The molecule has 2 aliphatic heterocycles. The first-order chi connectivity index (χ1) is 11.5. The molecule has 2 aliphatic rings. The van der Waals surface area contributed by atoms with Gasteiger partial charge in [0, 0.05) is 11.3 Å². The first-order valence-electron chi connectivity index (χ1n) is 7.97. The Hall–Kier alpha value is -2.05. The smallest absolute Gasteiger partial charge is 0.256 e. The first kappa shape index (κ1) is 15.5. The van der Waals surface area contributed by atoms with Crippen LogP contribution >= 0.6 is 11.3 Å². The van der Waals surface area contributed by atoms with Crippen molar-refractivity contribution in [1.29, 1.82) is 0 Å². The number of thiophene rings is 1. The molecule has 0 spiro atoms. The minimum atomic E-state index is -0.232. The van der Waals surface area contributed by atoms with Crippen LogP contribution in [0.25, 0.3) is 0 Å². The van der Waals surface area contributed by atoms with Crippen LogP contribution in [-0.2, 0) is 17.8 Å². The molecule has 1 amide bonds. The van der Waals surface area contributed by atoms with Crippen molar-refractivity contribution in [3.63, 3.8) is 0 Å². The highest BCUT2D eigenvalue weighted by atomic mass is 32.1. The highest BCUT2D eigenvalue weighted by Crippen LogP contribution is 2.43. The summed E-state index contributed by atoms with van der Waals surface area (Å²) in [6.45, 7) is 4.70. The summed E-state index contributed by atoms with van der Waals surface area (Å²) in [6.07, 6.45) is 0.529. The molecule has 24 heavy (non-hydrogen) atoms. The Labute approximate surface area is 145 Å². The van der Waals surface area contributed by atoms with Gasteiger partial charge in [-0.15, -0.1) is 11.3 Å². The van der Waals surface area contributed by atoms with Crippen molar-refractivity contribution >= 4 is 22.2 Å². The number of carbonyl (C=O) groups excluding carboxylic acids is 1. The summed E-state index contributed by atoms with van der Waals surface area (Å²) in [5.41, 5.74) is 2.69. The van der Waals surface area contributed by atoms with Crippen LogP contribution in [0.15, 0.2) is 24.3 Å². The van der Waals surface area contributed by atoms with Gasteiger partial charge in [-0.3, -0.25) is 4.79 Å². The standard InChI is InChI=1S/C18H20N2O3S/c1-18(2)8-12-13(9-23-18)24-17-14(12)16(21)19-15(20-17)10-4-6-11(22-3)7-5-10/h4-7,15,20H,8-9H2,1-3H3,(H,19,21). The Bertz CT molecular complexity index is 795. The number of fused-ring (bicyclic) bond motifs is 3. The Morgan fingerprint density at radius 2 is 2.00 bits per heavy atom. The van der Waals surface area contributed by atoms with E-state index in [2.05, 4.69) is 24.5 Å². The molecule has 1 aromatic carbocycles. The zero-order chi connectivity index (χ0) is 16.9. The molecule has 0 saturated carbocycles. The molecular weight excluding hydrogens is 324 g/mol. The molecule has 0 radical (unpaired) electrons. The lowest BCUT2D eigenvalue weighted by Gasteiger charge is -2.31. The van der Waals surface area contributed by atoms with Crippen LogP contribution in [0.1, 0.15) is 46.4 Å². The Morgan fingerprint density at radius 3 is 2.71 bits per heavy atom. The van der Waals surface area contributed by atoms with E-state index >= 15 is 0 Å². The van der Waals surface area contributed by atoms with E-state index in [1.165, 1.54) is 0 Å². The number of hydrogen-bond donors (Lipinski definition) is 2. The van der Waals surface area contributed by atoms with E-state index < -0.39 is 0 Å². The number of carbonyl (C=O) groups is 1. The summed E-state index contributed by atoms with van der Waals surface area (Å²) in [5, 5.41) is 7.46. The summed E-state index contributed by atoms with van der Waals surface area (Å²) < 4.78 is 11.1. The normalized spacial score (nSPS) is 21.3. The predicted molar refractivity (Wildman–Crippen MR) is 93.7 cm³/mol. The molecule has 0 aliphatic carbocycles. The van der Waals surface area contributed by atoms with Gasteiger partial charge in [0.2, 0.25) is 0 Å². The Balaban J connectivity index is 1.66. The number of hydrogen-bond acceptors (Lipinski definition) is 5. The van der Waals surface area contributed by atoms with Gasteiger partial charge in [0.1, 0.15) is 16.9 Å². The van der Waals surface area contributed by atoms with E-state index in [1.807, 2.05) is 24.3 Å². The second kappa shape index (κ2) is 5.50. The average molecular weight is 344 g/mol. The van der Waals surface area contributed by atoms with Crippen LogP contribution in [-0.4, -0.2) is 18.6 Å². The van der Waals surface area contributed by atoms with Gasteiger partial charge in [0.05, 0.1) is 24.9 Å². The van der Waals surface area contributed by atoms with E-state index in [9.17, 15) is 4.79 Å². The van der Waals surface area contributed by atoms with Crippen molar-refractivity contribution < 1.29 is 14.3 Å². The molecule has 1 aromatic heterocycles. The number of methoxy groups -OCH3 is 1. The van der Waals surface area contributed by atoms with Crippen molar-refractivity contribution in [2.45, 2.75) is 38.6 Å². The molecule has 0 saturated heterocycles. The maximum atomic E-state index is 12.7. The highest BCUT2D eigenvalue weighted by molar-refractivity contribution is 7.16. The molecule has 1 unspecified atom stereocenters. The largest absolute Gasteiger partial charge is 0.497 e. The van der Waals surface area contributed by atoms with Crippen LogP contribution in [0.4, 0.5) is 5.00 Å². The lowest BCUT2D eigenvalue weighted by atomic mass is 9.92. The molecular formula is C18H20N2O3S. The SMILES string of the molecule is COc1ccc(C2NC(=O)c3c(sc4c3CC(C)(C)OC4)N2)cc1. The van der Waals surface area contributed by atoms with E-state index in [1.54, 1.807) is 18.4 Å². The van der Waals surface area contributed by atoms with Gasteiger partial charge in [0.15, 0.2) is 0 Å². The molecule has 1 atom stereocenters. The third-order valence-corrected chi connectivity index (χ3v) is 5.65. The van der Waals surface area contributed by atoms with Crippen LogP contribution < -0.4 is 15.4 Å². The van der Waals surface area contributed by atoms with Crippen molar-refractivity contribution in [2.24, 2.45) is 0 Å². The Kier molecular flexibility index (Phi) is 3.54. The van der Waals surface area contributed by atoms with E-state index in [4.69, 9.17) is 9.47 Å². The molecule has 5 nitrogen and oxygen atoms in total. The van der Waals surface area contributed by atoms with Gasteiger partial charge < -0.3 is 20.1 Å². The molecule has 126 valence electrons. The summed E-state index contributed by atoms with van der Waals surface area (Å²) in [7, 11) is 1.64. The number of nitrogens with one attached hydrogen (secondary N) is 2. The van der Waals surface area contributed by atoms with Crippen molar-refractivity contribution in [3.05, 3.63) is 45.8 Å². The first-order valence-corrected chi connectivity index (χ1v) is 8.78. The predicted octanol–water partition coefficient (Wildman–Crippen LogP) is 3.46. The molecule has 3 heterocycles. The molecule has 6 heteroatoms. The van der Waals surface area contributed by atoms with Gasteiger partial charge >= 0.3 is 0 Å². The number of anilines is 1. The third-order valence-electron chi connectivity index (χ3n) is 4.51. The lowest BCUT2D eigenvalue weighted by Crippen LogP contribution is -2.39.